The summed E-state index contributed by atoms with van der Waals surface area (Å²) in [5, 5.41) is 0.0144. The second kappa shape index (κ2) is 8.53. The van der Waals surface area contributed by atoms with Crippen LogP contribution in [0.5, 0.6) is 5.75 Å². The SMILES string of the molecule is COC(=O)c1ccc(Cl)c(S(=O)(=O)NCCOc2cc(C)ccc2C)c1. The predicted molar refractivity (Wildman–Crippen MR) is 99.4 cm³/mol. The van der Waals surface area contributed by atoms with Gasteiger partial charge in [0.1, 0.15) is 17.3 Å². The zero-order valence-corrected chi connectivity index (χ0v) is 16.3. The Balaban J connectivity index is 2.05. The third-order valence-electron chi connectivity index (χ3n) is 3.64. The molecular formula is C18H20ClNO5S. The first kappa shape index (κ1) is 20.2. The Hall–Kier alpha value is -2.09. The van der Waals surface area contributed by atoms with E-state index in [9.17, 15) is 13.2 Å². The van der Waals surface area contributed by atoms with E-state index in [1.54, 1.807) is 0 Å². The molecule has 0 aliphatic carbocycles. The van der Waals surface area contributed by atoms with Crippen LogP contribution in [0.3, 0.4) is 0 Å². The zero-order chi connectivity index (χ0) is 19.3. The normalized spacial score (nSPS) is 11.2. The molecule has 0 bridgehead atoms. The monoisotopic (exact) mass is 397 g/mol. The van der Waals surface area contributed by atoms with Gasteiger partial charge in [0.05, 0.1) is 17.7 Å². The fourth-order valence-electron chi connectivity index (χ4n) is 2.23. The lowest BCUT2D eigenvalue weighted by Crippen LogP contribution is -2.28. The van der Waals surface area contributed by atoms with Gasteiger partial charge in [0, 0.05) is 6.54 Å². The standard InChI is InChI=1S/C18H20ClNO5S/c1-12-4-5-13(2)16(10-12)25-9-8-20-26(22,23)17-11-14(18(21)24-3)6-7-15(17)19/h4-7,10-11,20H,8-9H2,1-3H3. The number of halogens is 1. The maximum atomic E-state index is 12.4. The molecular weight excluding hydrogens is 378 g/mol. The average molecular weight is 398 g/mol. The zero-order valence-electron chi connectivity index (χ0n) is 14.7. The van der Waals surface area contributed by atoms with E-state index in [1.165, 1.54) is 25.3 Å². The molecule has 0 aromatic heterocycles. The summed E-state index contributed by atoms with van der Waals surface area (Å²) in [5.41, 5.74) is 2.12. The third-order valence-corrected chi connectivity index (χ3v) is 5.58. The molecule has 0 saturated carbocycles. The van der Waals surface area contributed by atoms with Crippen molar-refractivity contribution in [2.45, 2.75) is 18.7 Å². The minimum Gasteiger partial charge on any atom is -0.492 e. The van der Waals surface area contributed by atoms with Crippen molar-refractivity contribution in [2.75, 3.05) is 20.3 Å². The van der Waals surface area contributed by atoms with Gasteiger partial charge in [-0.05, 0) is 49.2 Å². The summed E-state index contributed by atoms with van der Waals surface area (Å²) in [6, 6.07) is 9.72. The van der Waals surface area contributed by atoms with Gasteiger partial charge in [-0.3, -0.25) is 0 Å². The summed E-state index contributed by atoms with van der Waals surface area (Å²) in [7, 11) is -2.68. The van der Waals surface area contributed by atoms with Crippen molar-refractivity contribution < 1.29 is 22.7 Å². The lowest BCUT2D eigenvalue weighted by atomic mass is 10.1. The Morgan fingerprint density at radius 2 is 1.88 bits per heavy atom. The molecule has 140 valence electrons. The quantitative estimate of drug-likeness (QED) is 0.573. The Morgan fingerprint density at radius 1 is 1.15 bits per heavy atom. The van der Waals surface area contributed by atoms with Crippen LogP contribution in [0.25, 0.3) is 0 Å². The summed E-state index contributed by atoms with van der Waals surface area (Å²) in [6.07, 6.45) is 0. The van der Waals surface area contributed by atoms with E-state index in [2.05, 4.69) is 9.46 Å². The molecule has 0 spiro atoms. The number of esters is 1. The minimum atomic E-state index is -3.90. The topological polar surface area (TPSA) is 81.7 Å². The molecule has 26 heavy (non-hydrogen) atoms. The summed E-state index contributed by atoms with van der Waals surface area (Å²) in [4.78, 5) is 11.4. The number of hydrogen-bond donors (Lipinski definition) is 1. The molecule has 8 heteroatoms. The highest BCUT2D eigenvalue weighted by molar-refractivity contribution is 7.89. The van der Waals surface area contributed by atoms with Crippen molar-refractivity contribution in [2.24, 2.45) is 0 Å². The van der Waals surface area contributed by atoms with Crippen LogP contribution in [0.15, 0.2) is 41.3 Å². The molecule has 0 atom stereocenters. The lowest BCUT2D eigenvalue weighted by molar-refractivity contribution is 0.0600. The summed E-state index contributed by atoms with van der Waals surface area (Å²) in [5.74, 6) is 0.0614. The van der Waals surface area contributed by atoms with E-state index in [1.807, 2.05) is 32.0 Å². The molecule has 0 fully saturated rings. The second-order valence-electron chi connectivity index (χ2n) is 5.65. The predicted octanol–water partition coefficient (Wildman–Crippen LogP) is 3.10. The Morgan fingerprint density at radius 3 is 2.58 bits per heavy atom. The third kappa shape index (κ3) is 4.97. The van der Waals surface area contributed by atoms with Gasteiger partial charge in [0.25, 0.3) is 0 Å². The molecule has 0 radical (unpaired) electrons. The maximum absolute atomic E-state index is 12.4. The number of carbonyl (C=O) groups excluding carboxylic acids is 1. The average Bonchev–Trinajstić information content (AvgIpc) is 2.61. The van der Waals surface area contributed by atoms with Crippen molar-refractivity contribution in [1.82, 2.24) is 4.72 Å². The number of carbonyl (C=O) groups is 1. The molecule has 2 aromatic carbocycles. The number of nitrogens with one attached hydrogen (secondary N) is 1. The van der Waals surface area contributed by atoms with Gasteiger partial charge in [0.2, 0.25) is 10.0 Å². The van der Waals surface area contributed by atoms with Crippen LogP contribution in [-0.4, -0.2) is 34.6 Å². The molecule has 1 N–H and O–H groups in total. The Bertz CT molecular complexity index is 912. The van der Waals surface area contributed by atoms with E-state index in [0.29, 0.717) is 5.75 Å². The van der Waals surface area contributed by atoms with Crippen LogP contribution in [0, 0.1) is 13.8 Å². The summed E-state index contributed by atoms with van der Waals surface area (Å²) >= 11 is 5.97. The molecule has 0 saturated heterocycles. The van der Waals surface area contributed by atoms with E-state index in [4.69, 9.17) is 16.3 Å². The van der Waals surface area contributed by atoms with Gasteiger partial charge < -0.3 is 9.47 Å². The first-order chi connectivity index (χ1) is 12.2. The number of rotatable bonds is 7. The van der Waals surface area contributed by atoms with Crippen molar-refractivity contribution in [1.29, 1.82) is 0 Å². The number of sulfonamides is 1. The van der Waals surface area contributed by atoms with Crippen molar-refractivity contribution in [3.63, 3.8) is 0 Å². The van der Waals surface area contributed by atoms with Crippen LogP contribution in [0.1, 0.15) is 21.5 Å². The summed E-state index contributed by atoms with van der Waals surface area (Å²) < 4.78 is 37.5. The molecule has 0 aliphatic heterocycles. The maximum Gasteiger partial charge on any atom is 0.337 e. The van der Waals surface area contributed by atoms with E-state index < -0.39 is 16.0 Å². The lowest BCUT2D eigenvalue weighted by Gasteiger charge is -2.12. The van der Waals surface area contributed by atoms with Crippen LogP contribution >= 0.6 is 11.6 Å². The molecule has 0 amide bonds. The smallest absolute Gasteiger partial charge is 0.337 e. The van der Waals surface area contributed by atoms with Gasteiger partial charge >= 0.3 is 5.97 Å². The highest BCUT2D eigenvalue weighted by Crippen LogP contribution is 2.23. The van der Waals surface area contributed by atoms with E-state index in [0.717, 1.165) is 11.1 Å². The fraction of sp³-hybridized carbons (Fsp3) is 0.278. The fourth-order valence-corrected chi connectivity index (χ4v) is 3.77. The van der Waals surface area contributed by atoms with Gasteiger partial charge in [-0.1, -0.05) is 23.7 Å². The molecule has 0 heterocycles. The number of methoxy groups -OCH3 is 1. The first-order valence-corrected chi connectivity index (χ1v) is 9.68. The van der Waals surface area contributed by atoms with E-state index in [-0.39, 0.29) is 28.6 Å². The van der Waals surface area contributed by atoms with E-state index >= 15 is 0 Å². The molecule has 2 rings (SSSR count). The molecule has 6 nitrogen and oxygen atoms in total. The van der Waals surface area contributed by atoms with Crippen molar-refractivity contribution in [3.8, 4) is 5.75 Å². The van der Waals surface area contributed by atoms with Crippen molar-refractivity contribution >= 4 is 27.6 Å². The number of benzene rings is 2. The Kier molecular flexibility index (Phi) is 6.63. The van der Waals surface area contributed by atoms with Crippen LogP contribution < -0.4 is 9.46 Å². The van der Waals surface area contributed by atoms with Gasteiger partial charge in [-0.25, -0.2) is 17.9 Å². The highest BCUT2D eigenvalue weighted by Gasteiger charge is 2.20. The van der Waals surface area contributed by atoms with Gasteiger partial charge in [0.15, 0.2) is 0 Å². The Labute approximate surface area is 158 Å². The van der Waals surface area contributed by atoms with Gasteiger partial charge in [-0.2, -0.15) is 0 Å². The van der Waals surface area contributed by atoms with Crippen LogP contribution in [0.2, 0.25) is 5.02 Å². The molecule has 0 unspecified atom stereocenters. The van der Waals surface area contributed by atoms with Gasteiger partial charge in [-0.15, -0.1) is 0 Å². The first-order valence-electron chi connectivity index (χ1n) is 7.82. The summed E-state index contributed by atoms with van der Waals surface area (Å²) in [6.45, 7) is 4.06. The van der Waals surface area contributed by atoms with Crippen LogP contribution in [0.4, 0.5) is 0 Å². The largest absolute Gasteiger partial charge is 0.492 e. The van der Waals surface area contributed by atoms with Crippen molar-refractivity contribution in [3.05, 3.63) is 58.1 Å². The molecule has 2 aromatic rings. The highest BCUT2D eigenvalue weighted by atomic mass is 35.5. The number of aryl methyl sites for hydroxylation is 2. The second-order valence-corrected chi connectivity index (χ2v) is 7.79. The number of ether oxygens (including phenoxy) is 2. The minimum absolute atomic E-state index is 0.0144. The molecule has 0 aliphatic rings. The number of hydrogen-bond acceptors (Lipinski definition) is 5. The van der Waals surface area contributed by atoms with Crippen LogP contribution in [-0.2, 0) is 14.8 Å².